The molecule has 0 N–H and O–H groups in total. The molecule has 4 heterocycles. The van der Waals surface area contributed by atoms with Crippen molar-refractivity contribution in [2.24, 2.45) is 0 Å². The lowest BCUT2D eigenvalue weighted by molar-refractivity contribution is 0.169. The Balaban J connectivity index is 1.34. The minimum absolute atomic E-state index is 0.133. The third-order valence-corrected chi connectivity index (χ3v) is 5.92. The summed E-state index contributed by atoms with van der Waals surface area (Å²) >= 11 is 3.46. The van der Waals surface area contributed by atoms with Gasteiger partial charge in [0.25, 0.3) is 6.26 Å². The maximum Gasteiger partial charge on any atom is 0.373 e. The monoisotopic (exact) mass is 402 g/mol. The highest BCUT2D eigenvalue weighted by atomic mass is 79.9. The maximum absolute atomic E-state index is 8.64. The van der Waals surface area contributed by atoms with Crippen LogP contribution in [0, 0.1) is 11.5 Å². The zero-order valence-corrected chi connectivity index (χ0v) is 15.6. The molecule has 0 saturated carbocycles. The summed E-state index contributed by atoms with van der Waals surface area (Å²) in [5.41, 5.74) is 1.97. The second kappa shape index (κ2) is 7.22. The molecule has 2 aromatic rings. The summed E-state index contributed by atoms with van der Waals surface area (Å²) in [6.45, 7) is 4.27. The zero-order valence-electron chi connectivity index (χ0n) is 14.0. The first-order valence-electron chi connectivity index (χ1n) is 8.77. The van der Waals surface area contributed by atoms with E-state index in [1.165, 1.54) is 0 Å². The second-order valence-corrected chi connectivity index (χ2v) is 7.59. The molecule has 25 heavy (non-hydrogen) atoms. The van der Waals surface area contributed by atoms with Crippen molar-refractivity contribution in [1.82, 2.24) is 19.5 Å². The number of hydrogen-bond acceptors (Lipinski definition) is 6. The van der Waals surface area contributed by atoms with Gasteiger partial charge < -0.3 is 9.55 Å². The van der Waals surface area contributed by atoms with Crippen molar-refractivity contribution in [2.45, 2.75) is 31.5 Å². The normalized spacial score (nSPS) is 20.0. The maximum atomic E-state index is 8.64. The molecule has 4 rings (SSSR count). The van der Waals surface area contributed by atoms with Crippen LogP contribution in [-0.4, -0.2) is 58.6 Å². The predicted molar refractivity (Wildman–Crippen MR) is 99.6 cm³/mol. The number of aromatic nitrogens is 3. The summed E-state index contributed by atoms with van der Waals surface area (Å²) in [7, 11) is 0. The van der Waals surface area contributed by atoms with Crippen LogP contribution in [0.3, 0.4) is 0 Å². The lowest BCUT2D eigenvalue weighted by atomic mass is 9.55. The van der Waals surface area contributed by atoms with Crippen LogP contribution in [0.25, 0.3) is 5.65 Å². The molecule has 9 heteroatoms. The molecule has 7 nitrogen and oxygen atoms in total. The van der Waals surface area contributed by atoms with Crippen molar-refractivity contribution in [3.63, 3.8) is 0 Å². The van der Waals surface area contributed by atoms with Crippen molar-refractivity contribution in [3.8, 4) is 6.26 Å². The van der Waals surface area contributed by atoms with Gasteiger partial charge in [-0.05, 0) is 41.4 Å². The fourth-order valence-electron chi connectivity index (χ4n) is 3.95. The van der Waals surface area contributed by atoms with Gasteiger partial charge in [-0.25, -0.2) is 9.50 Å². The van der Waals surface area contributed by atoms with E-state index in [0.717, 1.165) is 67.5 Å². The largest absolute Gasteiger partial charge is 0.498 e. The highest BCUT2D eigenvalue weighted by Crippen LogP contribution is 2.26. The molecule has 0 unspecified atom stereocenters. The Morgan fingerprint density at radius 2 is 1.96 bits per heavy atom. The number of rotatable bonds is 3. The van der Waals surface area contributed by atoms with E-state index in [1.807, 2.05) is 23.2 Å². The van der Waals surface area contributed by atoms with E-state index in [-0.39, 0.29) is 6.92 Å². The highest BCUT2D eigenvalue weighted by Gasteiger charge is 2.31. The van der Waals surface area contributed by atoms with Crippen molar-refractivity contribution >= 4 is 34.2 Å². The van der Waals surface area contributed by atoms with Gasteiger partial charge in [-0.1, -0.05) is 0 Å². The van der Waals surface area contributed by atoms with Gasteiger partial charge in [0.1, 0.15) is 0 Å². The molecule has 2 aliphatic heterocycles. The smallest absolute Gasteiger partial charge is 0.373 e. The average Bonchev–Trinajstić information content (AvgIpc) is 3.03. The Morgan fingerprint density at radius 3 is 2.68 bits per heavy atom. The van der Waals surface area contributed by atoms with Gasteiger partial charge >= 0.3 is 6.92 Å². The molecule has 2 fully saturated rings. The first-order chi connectivity index (χ1) is 12.2. The minimum Gasteiger partial charge on any atom is -0.498 e. The number of hydrogen-bond donors (Lipinski definition) is 0. The SMILES string of the molecule is N#COB1CCC(N2CCN(c3cnc4c(Br)cnn4c3)CC2)CC1. The van der Waals surface area contributed by atoms with Crippen molar-refractivity contribution in [3.05, 3.63) is 23.1 Å². The Kier molecular flexibility index (Phi) is 4.81. The summed E-state index contributed by atoms with van der Waals surface area (Å²) in [4.78, 5) is 9.48. The molecule has 0 radical (unpaired) electrons. The van der Waals surface area contributed by atoms with Crippen LogP contribution in [0.15, 0.2) is 23.1 Å². The Hall–Kier alpha value is -1.79. The first kappa shape index (κ1) is 16.7. The van der Waals surface area contributed by atoms with E-state index < -0.39 is 0 Å². The lowest BCUT2D eigenvalue weighted by Gasteiger charge is -2.41. The molecule has 0 amide bonds. The van der Waals surface area contributed by atoms with Crippen molar-refractivity contribution in [2.75, 3.05) is 31.1 Å². The fourth-order valence-corrected chi connectivity index (χ4v) is 4.32. The fraction of sp³-hybridized carbons (Fsp3) is 0.562. The standard InChI is InChI=1S/C16H20BBrN6O/c18-15-10-21-24-11-14(9-20-16(15)24)23-7-5-22(6-8-23)13-1-3-17(4-2-13)25-12-19/h9-11,13H,1-8H2. The van der Waals surface area contributed by atoms with E-state index in [2.05, 4.69) is 35.8 Å². The molecule has 0 aliphatic carbocycles. The van der Waals surface area contributed by atoms with Crippen LogP contribution in [0.4, 0.5) is 5.69 Å². The summed E-state index contributed by atoms with van der Waals surface area (Å²) in [5, 5.41) is 13.0. The van der Waals surface area contributed by atoms with Crippen LogP contribution in [-0.2, 0) is 4.65 Å². The number of halogens is 1. The number of anilines is 1. The van der Waals surface area contributed by atoms with Gasteiger partial charge in [-0.2, -0.15) is 10.4 Å². The number of nitriles is 1. The predicted octanol–water partition coefficient (Wildman–Crippen LogP) is 2.27. The summed E-state index contributed by atoms with van der Waals surface area (Å²) in [5.74, 6) is 0. The second-order valence-electron chi connectivity index (χ2n) is 6.74. The molecule has 0 atom stereocenters. The van der Waals surface area contributed by atoms with Crippen LogP contribution >= 0.6 is 15.9 Å². The topological polar surface area (TPSA) is 69.7 Å². The van der Waals surface area contributed by atoms with Gasteiger partial charge in [0.15, 0.2) is 5.65 Å². The molecular weight excluding hydrogens is 383 g/mol. The van der Waals surface area contributed by atoms with E-state index in [0.29, 0.717) is 6.04 Å². The third-order valence-electron chi connectivity index (χ3n) is 5.36. The molecule has 2 aliphatic rings. The zero-order chi connectivity index (χ0) is 17.2. The van der Waals surface area contributed by atoms with Crippen molar-refractivity contribution < 1.29 is 4.65 Å². The number of nitrogens with zero attached hydrogens (tertiary/aromatic N) is 6. The highest BCUT2D eigenvalue weighted by molar-refractivity contribution is 9.10. The average molecular weight is 403 g/mol. The van der Waals surface area contributed by atoms with E-state index >= 15 is 0 Å². The van der Waals surface area contributed by atoms with E-state index in [1.54, 1.807) is 6.20 Å². The summed E-state index contributed by atoms with van der Waals surface area (Å²) in [6.07, 6.45) is 11.8. The lowest BCUT2D eigenvalue weighted by Crippen LogP contribution is -2.51. The molecular formula is C16H20BBrN6O. The Labute approximate surface area is 155 Å². The third kappa shape index (κ3) is 3.46. The van der Waals surface area contributed by atoms with Crippen LogP contribution in [0.1, 0.15) is 12.8 Å². The first-order valence-corrected chi connectivity index (χ1v) is 9.56. The van der Waals surface area contributed by atoms with Crippen LogP contribution < -0.4 is 4.90 Å². The summed E-state index contributed by atoms with van der Waals surface area (Å²) in [6, 6.07) is 0.628. The summed E-state index contributed by atoms with van der Waals surface area (Å²) < 4.78 is 7.83. The van der Waals surface area contributed by atoms with Gasteiger partial charge in [0.2, 0.25) is 0 Å². The molecule has 2 saturated heterocycles. The van der Waals surface area contributed by atoms with Crippen LogP contribution in [0.5, 0.6) is 0 Å². The van der Waals surface area contributed by atoms with E-state index in [4.69, 9.17) is 9.92 Å². The molecule has 0 spiro atoms. The number of fused-ring (bicyclic) bond motifs is 1. The molecule has 130 valence electrons. The van der Waals surface area contributed by atoms with Gasteiger partial charge in [0, 0.05) is 32.2 Å². The number of piperazine rings is 1. The van der Waals surface area contributed by atoms with Crippen molar-refractivity contribution in [1.29, 1.82) is 5.26 Å². The van der Waals surface area contributed by atoms with Gasteiger partial charge in [-0.15, -0.1) is 0 Å². The van der Waals surface area contributed by atoms with E-state index in [9.17, 15) is 0 Å². The Bertz CT molecular complexity index is 777. The Morgan fingerprint density at radius 1 is 1.20 bits per heavy atom. The molecule has 0 aromatic carbocycles. The molecule has 0 bridgehead atoms. The minimum atomic E-state index is 0.133. The van der Waals surface area contributed by atoms with Gasteiger partial charge in [-0.3, -0.25) is 4.90 Å². The van der Waals surface area contributed by atoms with Gasteiger partial charge in [0.05, 0.1) is 28.8 Å². The quantitative estimate of drug-likeness (QED) is 0.579. The molecule has 2 aromatic heterocycles. The van der Waals surface area contributed by atoms with Crippen LogP contribution in [0.2, 0.25) is 12.6 Å².